The van der Waals surface area contributed by atoms with Crippen LogP contribution in [0.4, 0.5) is 0 Å². The Morgan fingerprint density at radius 1 is 0.634 bits per heavy atom. The first-order valence-electron chi connectivity index (χ1n) is 31.1. The van der Waals surface area contributed by atoms with Gasteiger partial charge in [-0.25, -0.2) is 4.79 Å². The van der Waals surface area contributed by atoms with Crippen molar-refractivity contribution in [1.29, 1.82) is 0 Å². The highest BCUT2D eigenvalue weighted by Crippen LogP contribution is 2.38. The largest absolute Gasteiger partial charge is 0.477 e. The molecule has 6 unspecified atom stereocenters. The number of unbranched alkanes of at least 4 members (excludes halogenated alkanes) is 25. The molecule has 3 fully saturated rings. The number of nitrogens with one attached hydrogen (secondary N) is 2. The molecule has 3 rings (SSSR count). The van der Waals surface area contributed by atoms with E-state index in [2.05, 4.69) is 24.5 Å². The van der Waals surface area contributed by atoms with Gasteiger partial charge < -0.3 is 100 Å². The molecule has 82 heavy (non-hydrogen) atoms. The monoisotopic (exact) mass is 1180 g/mol. The average Bonchev–Trinajstić information content (AvgIpc) is 3.65. The van der Waals surface area contributed by atoms with E-state index in [1.807, 2.05) is 6.08 Å². The Bertz CT molecular complexity index is 1740. The summed E-state index contributed by atoms with van der Waals surface area (Å²) in [6.45, 7) is 2.10. The summed E-state index contributed by atoms with van der Waals surface area (Å²) in [5.74, 6) is -6.14. The fraction of sp³-hybridized carbons (Fsp3) is 0.915. The normalized spacial score (nSPS) is 30.2. The number of carboxylic acid groups (broad SMARTS) is 1. The van der Waals surface area contributed by atoms with E-state index in [4.69, 9.17) is 28.4 Å². The lowest BCUT2D eigenvalue weighted by Gasteiger charge is -2.50. The third kappa shape index (κ3) is 25.4. The van der Waals surface area contributed by atoms with Crippen LogP contribution in [0.15, 0.2) is 12.2 Å². The van der Waals surface area contributed by atoms with E-state index in [-0.39, 0.29) is 12.3 Å². The van der Waals surface area contributed by atoms with E-state index in [9.17, 15) is 75.7 Å². The number of hydrogen-bond acceptors (Lipinski definition) is 20. The van der Waals surface area contributed by atoms with Crippen LogP contribution in [0.25, 0.3) is 0 Å². The molecular formula is C59H108N2O21. The van der Waals surface area contributed by atoms with E-state index in [0.29, 0.717) is 12.8 Å². The number of ether oxygens (including phenoxy) is 6. The van der Waals surface area contributed by atoms with Crippen LogP contribution in [0.2, 0.25) is 0 Å². The number of carbonyl (C=O) groups excluding carboxylic acids is 2. The van der Waals surface area contributed by atoms with E-state index >= 15 is 0 Å². The summed E-state index contributed by atoms with van der Waals surface area (Å²) in [6.07, 6.45) is 5.61. The Morgan fingerprint density at radius 3 is 1.62 bits per heavy atom. The van der Waals surface area contributed by atoms with Crippen molar-refractivity contribution in [3.63, 3.8) is 0 Å². The van der Waals surface area contributed by atoms with E-state index in [0.717, 1.165) is 51.9 Å². The van der Waals surface area contributed by atoms with E-state index < -0.39 is 155 Å². The lowest BCUT2D eigenvalue weighted by Crippen LogP contribution is -2.70. The van der Waals surface area contributed by atoms with E-state index in [1.165, 1.54) is 116 Å². The number of carboxylic acids is 1. The Kier molecular flexibility index (Phi) is 37.4. The first-order valence-corrected chi connectivity index (χ1v) is 31.1. The minimum absolute atomic E-state index is 0.204. The molecule has 3 saturated heterocycles. The summed E-state index contributed by atoms with van der Waals surface area (Å²) in [5.41, 5.74) is 0. The number of amides is 2. The number of rotatable bonds is 45. The standard InChI is InChI=1S/C59H108N2O21/c1-4-6-8-10-12-14-16-18-19-21-23-25-27-29-31-33-46(69)61-40(41(66)32-30-28-26-24-22-20-17-15-13-11-9-7-5-2)38-77-56-51(73)50(72)53(45(37-64)79-56)80-57-52(74)55(49(71)44(36-63)78-57)82-59(58(75)76)34-42(67)47(60-39(3)65)54(81-59)48(70)43(68)35-62/h30,32,40-45,47-57,62-64,66-68,70-74H,4-29,31,33-38H2,1-3H3,(H,60,65)(H,61,69)(H,75,76)/b32-30+/t40-,41+,42?,43+,44?,45?,47+,48+,49-,50+,51?,52?,53+,54?,55-,56+,57-,59-/m0/s1. The number of carbonyl (C=O) groups is 3. The van der Waals surface area contributed by atoms with Crippen LogP contribution in [0.3, 0.4) is 0 Å². The van der Waals surface area contributed by atoms with Gasteiger partial charge in [-0.1, -0.05) is 180 Å². The molecule has 0 bridgehead atoms. The molecule has 3 aliphatic heterocycles. The minimum Gasteiger partial charge on any atom is -0.477 e. The molecular weight excluding hydrogens is 1070 g/mol. The maximum atomic E-state index is 13.4. The highest BCUT2D eigenvalue weighted by atomic mass is 16.8. The quantitative estimate of drug-likeness (QED) is 0.0307. The molecule has 0 spiro atoms. The number of aliphatic hydroxyl groups excluding tert-OH is 11. The lowest BCUT2D eigenvalue weighted by atomic mass is 9.88. The molecule has 3 heterocycles. The maximum absolute atomic E-state index is 13.4. The SMILES string of the molecule is CCCCCCCCCCCCC/C=C/[C@@H](O)[C@H](CO[C@@H]1OC(CO)[C@@H](O[C@@H]2OC(CO)[C@H](O)[C@H](O[C@]3(C(=O)O)CC(O)[C@@H](NC(C)=O)C([C@H](O)[C@H](O)CO)O3)C2O)[C@H](O)C1O)NC(=O)CCCCCCCCCCCCCCCCC. The van der Waals surface area contributed by atoms with Crippen LogP contribution in [0.1, 0.15) is 207 Å². The third-order valence-corrected chi connectivity index (χ3v) is 16.0. The van der Waals surface area contributed by atoms with Crippen LogP contribution in [-0.4, -0.2) is 215 Å². The zero-order valence-corrected chi connectivity index (χ0v) is 49.3. The van der Waals surface area contributed by atoms with Gasteiger partial charge in [-0.15, -0.1) is 0 Å². The first kappa shape index (κ1) is 73.7. The minimum atomic E-state index is -3.08. The van der Waals surface area contributed by atoms with Crippen molar-refractivity contribution in [3.8, 4) is 0 Å². The smallest absolute Gasteiger partial charge is 0.364 e. The van der Waals surface area contributed by atoms with Gasteiger partial charge in [-0.05, 0) is 19.3 Å². The first-order chi connectivity index (χ1) is 39.4. The van der Waals surface area contributed by atoms with Crippen molar-refractivity contribution in [2.45, 2.75) is 317 Å². The Morgan fingerprint density at radius 2 is 1.13 bits per heavy atom. The fourth-order valence-electron chi connectivity index (χ4n) is 10.9. The second-order valence-electron chi connectivity index (χ2n) is 22.9. The highest BCUT2D eigenvalue weighted by molar-refractivity contribution is 5.77. The summed E-state index contributed by atoms with van der Waals surface area (Å²) in [7, 11) is 0. The topological polar surface area (TPSA) is 373 Å². The molecule has 0 aromatic rings. The van der Waals surface area contributed by atoms with Crippen molar-refractivity contribution in [2.24, 2.45) is 0 Å². The summed E-state index contributed by atoms with van der Waals surface area (Å²) in [6, 6.07) is -2.61. The van der Waals surface area contributed by atoms with Gasteiger partial charge in [-0.2, -0.15) is 0 Å². The second kappa shape index (κ2) is 41.5. The van der Waals surface area contributed by atoms with Gasteiger partial charge >= 0.3 is 5.97 Å². The Balaban J connectivity index is 1.67. The molecule has 18 atom stereocenters. The number of aliphatic hydroxyl groups is 11. The molecule has 14 N–H and O–H groups in total. The van der Waals surface area contributed by atoms with Crippen LogP contribution in [-0.2, 0) is 42.8 Å². The Hall–Kier alpha value is -2.53. The average molecular weight is 1180 g/mol. The molecule has 3 aliphatic rings. The van der Waals surface area contributed by atoms with E-state index in [1.54, 1.807) is 6.08 Å². The van der Waals surface area contributed by atoms with Crippen molar-refractivity contribution in [2.75, 3.05) is 26.4 Å². The number of hydrogen-bond donors (Lipinski definition) is 14. The van der Waals surface area contributed by atoms with Crippen LogP contribution in [0, 0.1) is 0 Å². The van der Waals surface area contributed by atoms with Crippen molar-refractivity contribution >= 4 is 17.8 Å². The number of aliphatic carboxylic acids is 1. The maximum Gasteiger partial charge on any atom is 0.364 e. The van der Waals surface area contributed by atoms with Crippen LogP contribution >= 0.6 is 0 Å². The molecule has 23 heteroatoms. The van der Waals surface area contributed by atoms with Crippen LogP contribution in [0.5, 0.6) is 0 Å². The van der Waals surface area contributed by atoms with Crippen molar-refractivity contribution < 1.29 is 104 Å². The third-order valence-electron chi connectivity index (χ3n) is 16.0. The number of allylic oxidation sites excluding steroid dienone is 1. The zero-order chi connectivity index (χ0) is 60.5. The molecule has 0 aromatic carbocycles. The predicted octanol–water partition coefficient (Wildman–Crippen LogP) is 3.17. The molecule has 0 aromatic heterocycles. The summed E-state index contributed by atoms with van der Waals surface area (Å²) < 4.78 is 34.7. The summed E-state index contributed by atoms with van der Waals surface area (Å²) in [5, 5.41) is 135. The van der Waals surface area contributed by atoms with Gasteiger partial charge in [0.05, 0.1) is 50.7 Å². The van der Waals surface area contributed by atoms with Gasteiger partial charge in [0.25, 0.3) is 5.79 Å². The Labute approximate surface area is 486 Å². The molecule has 0 radical (unpaired) electrons. The van der Waals surface area contributed by atoms with Crippen molar-refractivity contribution in [3.05, 3.63) is 12.2 Å². The molecule has 0 saturated carbocycles. The molecule has 480 valence electrons. The second-order valence-corrected chi connectivity index (χ2v) is 22.9. The predicted molar refractivity (Wildman–Crippen MR) is 301 cm³/mol. The lowest BCUT2D eigenvalue weighted by molar-refractivity contribution is -0.386. The van der Waals surface area contributed by atoms with Crippen LogP contribution < -0.4 is 10.6 Å². The van der Waals surface area contributed by atoms with Crippen molar-refractivity contribution in [1.82, 2.24) is 10.6 Å². The van der Waals surface area contributed by atoms with Gasteiger partial charge in [0.15, 0.2) is 12.6 Å². The fourth-order valence-corrected chi connectivity index (χ4v) is 10.9. The summed E-state index contributed by atoms with van der Waals surface area (Å²) >= 11 is 0. The van der Waals surface area contributed by atoms with Gasteiger partial charge in [0.2, 0.25) is 11.8 Å². The zero-order valence-electron chi connectivity index (χ0n) is 49.3. The van der Waals surface area contributed by atoms with Gasteiger partial charge in [0.1, 0.15) is 67.1 Å². The van der Waals surface area contributed by atoms with Gasteiger partial charge in [0, 0.05) is 19.8 Å². The molecule has 23 nitrogen and oxygen atoms in total. The highest BCUT2D eigenvalue weighted by Gasteiger charge is 2.60. The molecule has 2 amide bonds. The van der Waals surface area contributed by atoms with Gasteiger partial charge in [-0.3, -0.25) is 9.59 Å². The summed E-state index contributed by atoms with van der Waals surface area (Å²) in [4.78, 5) is 38.4. The molecule has 0 aliphatic carbocycles.